The molecule has 16 heavy (non-hydrogen) atoms. The Bertz CT molecular complexity index is 598. The largest absolute Gasteiger partial charge is 0.289 e. The van der Waals surface area contributed by atoms with E-state index in [1.165, 1.54) is 6.33 Å². The first kappa shape index (κ1) is 10.4. The van der Waals surface area contributed by atoms with Crippen molar-refractivity contribution >= 4 is 15.9 Å². The summed E-state index contributed by atoms with van der Waals surface area (Å²) in [5.41, 5.74) is 1.20. The van der Waals surface area contributed by atoms with Gasteiger partial charge in [-0.25, -0.2) is 4.98 Å². The van der Waals surface area contributed by atoms with Gasteiger partial charge in [0.25, 0.3) is 0 Å². The number of rotatable bonds is 1. The number of hydrogen-bond acceptors (Lipinski definition) is 3. The summed E-state index contributed by atoms with van der Waals surface area (Å²) in [6, 6.07) is 11.3. The summed E-state index contributed by atoms with van der Waals surface area (Å²) in [6.07, 6.45) is 1.47. The van der Waals surface area contributed by atoms with Gasteiger partial charge in [-0.1, -0.05) is 15.9 Å². The van der Waals surface area contributed by atoms with Crippen molar-refractivity contribution in [3.63, 3.8) is 0 Å². The van der Waals surface area contributed by atoms with Gasteiger partial charge in [0.05, 0.1) is 0 Å². The van der Waals surface area contributed by atoms with E-state index in [1.807, 2.05) is 36.4 Å². The van der Waals surface area contributed by atoms with Crippen molar-refractivity contribution in [1.82, 2.24) is 9.55 Å². The molecule has 0 amide bonds. The summed E-state index contributed by atoms with van der Waals surface area (Å²) < 4.78 is 2.54. The molecular formula is C11H5BrN4. The van der Waals surface area contributed by atoms with Crippen LogP contribution in [0.4, 0.5) is 0 Å². The van der Waals surface area contributed by atoms with Gasteiger partial charge in [-0.05, 0) is 24.3 Å². The Balaban J connectivity index is 2.58. The fourth-order valence-electron chi connectivity index (χ4n) is 1.33. The van der Waals surface area contributed by atoms with Crippen LogP contribution in [0.25, 0.3) is 5.69 Å². The van der Waals surface area contributed by atoms with Gasteiger partial charge in [-0.3, -0.25) is 4.57 Å². The molecular weight excluding hydrogens is 268 g/mol. The number of benzene rings is 1. The van der Waals surface area contributed by atoms with Crippen LogP contribution in [0.3, 0.4) is 0 Å². The SMILES string of the molecule is N#Cc1ncn(-c2ccc(Br)cc2)c1C#N. The number of aromatic nitrogens is 2. The van der Waals surface area contributed by atoms with E-state index in [2.05, 4.69) is 20.9 Å². The lowest BCUT2D eigenvalue weighted by atomic mass is 10.3. The van der Waals surface area contributed by atoms with Crippen molar-refractivity contribution in [2.24, 2.45) is 0 Å². The Morgan fingerprint density at radius 3 is 2.38 bits per heavy atom. The fraction of sp³-hybridized carbons (Fsp3) is 0. The van der Waals surface area contributed by atoms with E-state index in [9.17, 15) is 0 Å². The van der Waals surface area contributed by atoms with Crippen LogP contribution in [0.5, 0.6) is 0 Å². The summed E-state index contributed by atoms with van der Waals surface area (Å²) in [4.78, 5) is 3.87. The van der Waals surface area contributed by atoms with Crippen molar-refractivity contribution in [1.29, 1.82) is 10.5 Å². The van der Waals surface area contributed by atoms with Gasteiger partial charge in [0.15, 0.2) is 11.4 Å². The van der Waals surface area contributed by atoms with E-state index in [0.29, 0.717) is 0 Å². The van der Waals surface area contributed by atoms with Crippen LogP contribution in [0.15, 0.2) is 35.1 Å². The van der Waals surface area contributed by atoms with Crippen LogP contribution in [-0.2, 0) is 0 Å². The lowest BCUT2D eigenvalue weighted by molar-refractivity contribution is 1.03. The average molecular weight is 273 g/mol. The molecule has 0 saturated heterocycles. The molecule has 0 saturated carbocycles. The van der Waals surface area contributed by atoms with Gasteiger partial charge in [-0.15, -0.1) is 0 Å². The first-order valence-corrected chi connectivity index (χ1v) is 5.19. The summed E-state index contributed by atoms with van der Waals surface area (Å²) in [6.45, 7) is 0. The normalized spacial score (nSPS) is 9.44. The van der Waals surface area contributed by atoms with Gasteiger partial charge < -0.3 is 0 Å². The molecule has 0 aliphatic rings. The Hall–Kier alpha value is -2.11. The Morgan fingerprint density at radius 1 is 1.12 bits per heavy atom. The maximum absolute atomic E-state index is 8.96. The van der Waals surface area contributed by atoms with E-state index in [0.717, 1.165) is 10.2 Å². The first-order valence-electron chi connectivity index (χ1n) is 4.39. The molecule has 4 nitrogen and oxygen atoms in total. The van der Waals surface area contributed by atoms with E-state index < -0.39 is 0 Å². The summed E-state index contributed by atoms with van der Waals surface area (Å²) >= 11 is 3.33. The lowest BCUT2D eigenvalue weighted by Gasteiger charge is -2.02. The standard InChI is InChI=1S/C11H5BrN4/c12-8-1-3-9(4-2-8)16-7-15-10(5-13)11(16)6-14/h1-4,7H. The van der Waals surface area contributed by atoms with Crippen LogP contribution < -0.4 is 0 Å². The highest BCUT2D eigenvalue weighted by molar-refractivity contribution is 9.10. The number of nitrogens with zero attached hydrogens (tertiary/aromatic N) is 4. The molecule has 1 aromatic heterocycles. The van der Waals surface area contributed by atoms with Gasteiger partial charge >= 0.3 is 0 Å². The Morgan fingerprint density at radius 2 is 1.81 bits per heavy atom. The minimum Gasteiger partial charge on any atom is -0.289 e. The smallest absolute Gasteiger partial charge is 0.177 e. The number of imidazole rings is 1. The minimum absolute atomic E-state index is 0.144. The Labute approximate surface area is 101 Å². The highest BCUT2D eigenvalue weighted by Crippen LogP contribution is 2.17. The molecule has 0 unspecified atom stereocenters. The summed E-state index contributed by atoms with van der Waals surface area (Å²) in [7, 11) is 0. The molecule has 1 heterocycles. The molecule has 0 atom stereocenters. The first-order chi connectivity index (χ1) is 7.76. The quantitative estimate of drug-likeness (QED) is 0.801. The zero-order valence-corrected chi connectivity index (χ0v) is 9.64. The second-order valence-electron chi connectivity index (χ2n) is 3.01. The second kappa shape index (κ2) is 4.18. The zero-order chi connectivity index (χ0) is 11.5. The predicted octanol–water partition coefficient (Wildman–Crippen LogP) is 2.38. The van der Waals surface area contributed by atoms with Crippen LogP contribution >= 0.6 is 15.9 Å². The molecule has 1 aromatic carbocycles. The Kier molecular flexibility index (Phi) is 2.72. The molecule has 0 fully saturated rings. The minimum atomic E-state index is 0.144. The van der Waals surface area contributed by atoms with Crippen LogP contribution in [-0.4, -0.2) is 9.55 Å². The van der Waals surface area contributed by atoms with Gasteiger partial charge in [0, 0.05) is 10.2 Å². The third-order valence-corrected chi connectivity index (χ3v) is 2.61. The fourth-order valence-corrected chi connectivity index (χ4v) is 1.60. The number of halogens is 1. The van der Waals surface area contributed by atoms with Crippen molar-refractivity contribution in [3.8, 4) is 17.8 Å². The maximum atomic E-state index is 8.96. The van der Waals surface area contributed by atoms with Gasteiger partial charge in [0.1, 0.15) is 18.5 Å². The lowest BCUT2D eigenvalue weighted by Crippen LogP contribution is -1.95. The molecule has 76 valence electrons. The van der Waals surface area contributed by atoms with Gasteiger partial charge in [0.2, 0.25) is 0 Å². The van der Waals surface area contributed by atoms with Crippen molar-refractivity contribution in [2.45, 2.75) is 0 Å². The monoisotopic (exact) mass is 272 g/mol. The third-order valence-electron chi connectivity index (χ3n) is 2.08. The highest BCUT2D eigenvalue weighted by atomic mass is 79.9. The van der Waals surface area contributed by atoms with E-state index in [-0.39, 0.29) is 11.4 Å². The zero-order valence-electron chi connectivity index (χ0n) is 8.05. The van der Waals surface area contributed by atoms with Crippen molar-refractivity contribution < 1.29 is 0 Å². The third kappa shape index (κ3) is 1.69. The maximum Gasteiger partial charge on any atom is 0.177 e. The average Bonchev–Trinajstić information content (AvgIpc) is 2.72. The van der Waals surface area contributed by atoms with Gasteiger partial charge in [-0.2, -0.15) is 10.5 Å². The highest BCUT2D eigenvalue weighted by Gasteiger charge is 2.10. The topological polar surface area (TPSA) is 65.4 Å². The summed E-state index contributed by atoms with van der Waals surface area (Å²) in [5, 5.41) is 17.7. The molecule has 0 bridgehead atoms. The number of hydrogen-bond donors (Lipinski definition) is 0. The predicted molar refractivity (Wildman–Crippen MR) is 60.7 cm³/mol. The molecule has 5 heteroatoms. The molecule has 0 aliphatic carbocycles. The molecule has 2 aromatic rings. The molecule has 2 rings (SSSR count). The van der Waals surface area contributed by atoms with Crippen molar-refractivity contribution in [2.75, 3.05) is 0 Å². The molecule has 0 N–H and O–H groups in total. The summed E-state index contributed by atoms with van der Waals surface area (Å²) in [5.74, 6) is 0. The van der Waals surface area contributed by atoms with E-state index >= 15 is 0 Å². The van der Waals surface area contributed by atoms with Crippen LogP contribution in [0.1, 0.15) is 11.4 Å². The van der Waals surface area contributed by atoms with E-state index in [4.69, 9.17) is 10.5 Å². The van der Waals surface area contributed by atoms with Crippen LogP contribution in [0, 0.1) is 22.7 Å². The molecule has 0 aliphatic heterocycles. The number of nitriles is 2. The molecule has 0 spiro atoms. The van der Waals surface area contributed by atoms with E-state index in [1.54, 1.807) is 4.57 Å². The molecule has 0 radical (unpaired) electrons. The van der Waals surface area contributed by atoms with Crippen molar-refractivity contribution in [3.05, 3.63) is 46.5 Å². The second-order valence-corrected chi connectivity index (χ2v) is 3.93. The van der Waals surface area contributed by atoms with Crippen LogP contribution in [0.2, 0.25) is 0 Å².